The number of thiazole rings is 1. The lowest BCUT2D eigenvalue weighted by Gasteiger charge is -2.13. The first-order valence-corrected chi connectivity index (χ1v) is 9.46. The van der Waals surface area contributed by atoms with Gasteiger partial charge in [0, 0.05) is 22.2 Å². The predicted molar refractivity (Wildman–Crippen MR) is 106 cm³/mol. The van der Waals surface area contributed by atoms with E-state index in [2.05, 4.69) is 4.98 Å². The van der Waals surface area contributed by atoms with Crippen molar-refractivity contribution >= 4 is 33.9 Å². The highest BCUT2D eigenvalue weighted by Gasteiger charge is 2.17. The number of hydrogen-bond acceptors (Lipinski definition) is 4. The maximum Gasteiger partial charge on any atom is 0.356 e. The van der Waals surface area contributed by atoms with Crippen molar-refractivity contribution in [2.45, 2.75) is 13.5 Å². The van der Waals surface area contributed by atoms with Gasteiger partial charge < -0.3 is 9.84 Å². The minimum absolute atomic E-state index is 0.00747. The number of aryl methyl sites for hydroxylation is 1. The Kier molecular flexibility index (Phi) is 4.59. The number of carboxylic acids is 1. The van der Waals surface area contributed by atoms with E-state index in [0.717, 1.165) is 22.4 Å². The number of halogens is 1. The van der Waals surface area contributed by atoms with Crippen LogP contribution in [0.3, 0.4) is 0 Å². The molecule has 4 rings (SSSR count). The van der Waals surface area contributed by atoms with E-state index in [-0.39, 0.29) is 5.69 Å². The van der Waals surface area contributed by atoms with Gasteiger partial charge in [-0.3, -0.25) is 4.40 Å². The molecule has 0 saturated carbocycles. The number of imidazole rings is 1. The molecule has 0 spiro atoms. The summed E-state index contributed by atoms with van der Waals surface area (Å²) < 4.78 is 7.84. The van der Waals surface area contributed by atoms with Crippen LogP contribution in [-0.4, -0.2) is 20.5 Å². The molecule has 2 heterocycles. The van der Waals surface area contributed by atoms with E-state index < -0.39 is 5.97 Å². The van der Waals surface area contributed by atoms with Gasteiger partial charge in [-0.05, 0) is 30.2 Å². The first-order chi connectivity index (χ1) is 13.0. The van der Waals surface area contributed by atoms with E-state index in [1.54, 1.807) is 4.40 Å². The topological polar surface area (TPSA) is 63.8 Å². The lowest BCUT2D eigenvalue weighted by Crippen LogP contribution is -1.99. The number of aromatic nitrogens is 2. The number of aromatic carboxylic acids is 1. The van der Waals surface area contributed by atoms with Gasteiger partial charge in [-0.15, -0.1) is 11.3 Å². The van der Waals surface area contributed by atoms with Crippen LogP contribution in [0.4, 0.5) is 0 Å². The molecule has 0 fully saturated rings. The zero-order valence-electron chi connectivity index (χ0n) is 14.3. The third kappa shape index (κ3) is 3.41. The molecule has 0 saturated heterocycles. The molecular formula is C20H15ClN2O3S. The summed E-state index contributed by atoms with van der Waals surface area (Å²) in [4.78, 5) is 16.0. The van der Waals surface area contributed by atoms with Crippen molar-refractivity contribution in [2.24, 2.45) is 0 Å². The molecule has 5 nitrogen and oxygen atoms in total. The van der Waals surface area contributed by atoms with E-state index in [0.29, 0.717) is 22.3 Å². The van der Waals surface area contributed by atoms with Gasteiger partial charge >= 0.3 is 5.97 Å². The van der Waals surface area contributed by atoms with Crippen molar-refractivity contribution in [3.05, 3.63) is 75.9 Å². The summed E-state index contributed by atoms with van der Waals surface area (Å²) in [6, 6.07) is 13.6. The van der Waals surface area contributed by atoms with Crippen LogP contribution in [0.15, 0.2) is 54.0 Å². The second kappa shape index (κ2) is 7.06. The average molecular weight is 399 g/mol. The van der Waals surface area contributed by atoms with Crippen molar-refractivity contribution in [2.75, 3.05) is 0 Å². The predicted octanol–water partition coefficient (Wildman–Crippen LogP) is 5.30. The molecule has 1 N–H and O–H groups in total. The van der Waals surface area contributed by atoms with Crippen molar-refractivity contribution in [3.8, 4) is 17.0 Å². The SMILES string of the molecule is Cc1cc(OCc2ccccc2)c(-c2csc3nc(C(=O)O)cn23)cc1Cl. The molecule has 2 aromatic carbocycles. The Morgan fingerprint density at radius 1 is 1.30 bits per heavy atom. The Bertz CT molecular complexity index is 1140. The van der Waals surface area contributed by atoms with Crippen molar-refractivity contribution in [3.63, 3.8) is 0 Å². The van der Waals surface area contributed by atoms with Gasteiger partial charge in [0.1, 0.15) is 12.4 Å². The Morgan fingerprint density at radius 2 is 2.07 bits per heavy atom. The number of carbonyl (C=O) groups is 1. The highest BCUT2D eigenvalue weighted by Crippen LogP contribution is 2.37. The van der Waals surface area contributed by atoms with Gasteiger partial charge in [0.15, 0.2) is 10.7 Å². The summed E-state index contributed by atoms with van der Waals surface area (Å²) in [7, 11) is 0. The Balaban J connectivity index is 1.77. The fourth-order valence-electron chi connectivity index (χ4n) is 2.79. The van der Waals surface area contributed by atoms with E-state index in [1.165, 1.54) is 17.5 Å². The molecule has 2 aromatic heterocycles. The minimum atomic E-state index is -1.06. The first kappa shape index (κ1) is 17.6. The Labute approximate surface area is 164 Å². The van der Waals surface area contributed by atoms with Crippen LogP contribution in [0.5, 0.6) is 5.75 Å². The second-order valence-electron chi connectivity index (χ2n) is 6.08. The highest BCUT2D eigenvalue weighted by atomic mass is 35.5. The van der Waals surface area contributed by atoms with Crippen LogP contribution in [0, 0.1) is 6.92 Å². The average Bonchev–Trinajstić information content (AvgIpc) is 3.24. The smallest absolute Gasteiger partial charge is 0.356 e. The number of carboxylic acid groups (broad SMARTS) is 1. The van der Waals surface area contributed by atoms with Crippen LogP contribution >= 0.6 is 22.9 Å². The van der Waals surface area contributed by atoms with E-state index in [9.17, 15) is 9.90 Å². The van der Waals surface area contributed by atoms with Crippen LogP contribution < -0.4 is 4.74 Å². The van der Waals surface area contributed by atoms with Crippen LogP contribution in [0.1, 0.15) is 21.6 Å². The number of hydrogen-bond donors (Lipinski definition) is 1. The van der Waals surface area contributed by atoms with E-state index in [1.807, 2.05) is 54.8 Å². The highest BCUT2D eigenvalue weighted by molar-refractivity contribution is 7.15. The molecule has 0 amide bonds. The summed E-state index contributed by atoms with van der Waals surface area (Å²) >= 11 is 7.73. The molecule has 0 unspecified atom stereocenters. The summed E-state index contributed by atoms with van der Waals surface area (Å²) in [5.41, 5.74) is 3.56. The molecular weight excluding hydrogens is 384 g/mol. The summed E-state index contributed by atoms with van der Waals surface area (Å²) in [6.45, 7) is 2.34. The van der Waals surface area contributed by atoms with Crippen LogP contribution in [0.25, 0.3) is 16.2 Å². The first-order valence-electron chi connectivity index (χ1n) is 8.20. The second-order valence-corrected chi connectivity index (χ2v) is 7.32. The molecule has 27 heavy (non-hydrogen) atoms. The zero-order chi connectivity index (χ0) is 19.0. The van der Waals surface area contributed by atoms with Gasteiger partial charge in [0.05, 0.1) is 5.69 Å². The molecule has 7 heteroatoms. The van der Waals surface area contributed by atoms with E-state index >= 15 is 0 Å². The minimum Gasteiger partial charge on any atom is -0.488 e. The molecule has 0 radical (unpaired) electrons. The van der Waals surface area contributed by atoms with Gasteiger partial charge in [-0.25, -0.2) is 9.78 Å². The van der Waals surface area contributed by atoms with Gasteiger partial charge in [-0.2, -0.15) is 0 Å². The number of fused-ring (bicyclic) bond motifs is 1. The molecule has 0 aliphatic heterocycles. The third-order valence-corrected chi connectivity index (χ3v) is 5.45. The van der Waals surface area contributed by atoms with Gasteiger partial charge in [0.2, 0.25) is 0 Å². The number of benzene rings is 2. The normalized spacial score (nSPS) is 11.0. The summed E-state index contributed by atoms with van der Waals surface area (Å²) in [5, 5.41) is 11.7. The fraction of sp³-hybridized carbons (Fsp3) is 0.100. The number of rotatable bonds is 5. The van der Waals surface area contributed by atoms with Crippen molar-refractivity contribution in [1.82, 2.24) is 9.38 Å². The number of ether oxygens (including phenoxy) is 1. The van der Waals surface area contributed by atoms with Crippen LogP contribution in [-0.2, 0) is 6.61 Å². The molecule has 0 aliphatic carbocycles. The standard InChI is InChI=1S/C20H15ClN2O3S/c1-12-7-18(26-10-13-5-3-2-4-6-13)14(8-15(12)21)17-11-27-20-22-16(19(24)25)9-23(17)20/h2-9,11H,10H2,1H3,(H,24,25). The largest absolute Gasteiger partial charge is 0.488 e. The maximum absolute atomic E-state index is 11.2. The van der Waals surface area contributed by atoms with Crippen molar-refractivity contribution in [1.29, 1.82) is 0 Å². The van der Waals surface area contributed by atoms with Crippen LogP contribution in [0.2, 0.25) is 5.02 Å². The number of nitrogens with zero attached hydrogens (tertiary/aromatic N) is 2. The molecule has 0 atom stereocenters. The zero-order valence-corrected chi connectivity index (χ0v) is 15.9. The Morgan fingerprint density at radius 3 is 2.81 bits per heavy atom. The lowest BCUT2D eigenvalue weighted by molar-refractivity contribution is 0.0691. The fourth-order valence-corrected chi connectivity index (χ4v) is 3.83. The molecule has 136 valence electrons. The summed E-state index contributed by atoms with van der Waals surface area (Å²) in [5.74, 6) is -0.370. The van der Waals surface area contributed by atoms with Crippen molar-refractivity contribution < 1.29 is 14.6 Å². The molecule has 0 bridgehead atoms. The molecule has 0 aliphatic rings. The maximum atomic E-state index is 11.2. The molecule has 4 aromatic rings. The third-order valence-electron chi connectivity index (χ3n) is 4.20. The van der Waals surface area contributed by atoms with Gasteiger partial charge in [0.25, 0.3) is 0 Å². The quantitative estimate of drug-likeness (QED) is 0.495. The lowest BCUT2D eigenvalue weighted by atomic mass is 10.1. The summed E-state index contributed by atoms with van der Waals surface area (Å²) in [6.07, 6.45) is 1.51. The van der Waals surface area contributed by atoms with Gasteiger partial charge in [-0.1, -0.05) is 41.9 Å². The monoisotopic (exact) mass is 398 g/mol. The van der Waals surface area contributed by atoms with E-state index in [4.69, 9.17) is 16.3 Å². The Hall–Kier alpha value is -2.83.